The van der Waals surface area contributed by atoms with E-state index in [4.69, 9.17) is 0 Å². The van der Waals surface area contributed by atoms with Crippen molar-refractivity contribution in [3.05, 3.63) is 364 Å². The van der Waals surface area contributed by atoms with E-state index in [0.717, 1.165) is 0 Å². The van der Waals surface area contributed by atoms with E-state index in [2.05, 4.69) is 364 Å². The van der Waals surface area contributed by atoms with Crippen LogP contribution in [0.25, 0.3) is 197 Å². The molecule has 4 aliphatic carbocycles. The molecule has 0 aliphatic heterocycles. The van der Waals surface area contributed by atoms with Crippen molar-refractivity contribution in [1.82, 2.24) is 0 Å². The third kappa shape index (κ3) is 8.91. The smallest absolute Gasteiger partial charge is 0.00264 e. The average molecular weight is 1210 g/mol. The second-order valence-electron chi connectivity index (χ2n) is 25.6. The minimum absolute atomic E-state index is 1.34. The fourth-order valence-corrected chi connectivity index (χ4v) is 16.3. The van der Waals surface area contributed by atoms with E-state index in [0.29, 0.717) is 0 Å². The Kier molecular flexibility index (Phi) is 13.0. The van der Waals surface area contributed by atoms with E-state index in [1.165, 1.54) is 197 Å². The van der Waals surface area contributed by atoms with Crippen molar-refractivity contribution in [3.63, 3.8) is 0 Å². The first-order chi connectivity index (χ1) is 47.7. The molecule has 0 fully saturated rings. The van der Waals surface area contributed by atoms with Gasteiger partial charge in [-0.2, -0.15) is 0 Å². The molecule has 0 saturated heterocycles. The molecule has 0 nitrogen and oxygen atoms in total. The third-order valence-electron chi connectivity index (χ3n) is 20.4. The minimum atomic E-state index is 1.34. The summed E-state index contributed by atoms with van der Waals surface area (Å²) in [6, 6.07) is 131. The largest absolute Gasteiger partial charge is 0.0616 e. The highest BCUT2D eigenvalue weighted by Crippen LogP contribution is 2.51. The lowest BCUT2D eigenvalue weighted by Gasteiger charge is -2.09. The molecule has 24 rings (SSSR count). The van der Waals surface area contributed by atoms with Crippen molar-refractivity contribution in [1.29, 1.82) is 0 Å². The quantitative estimate of drug-likeness (QED) is 0.133. The van der Waals surface area contributed by atoms with Crippen LogP contribution in [0.2, 0.25) is 0 Å². The van der Waals surface area contributed by atoms with Gasteiger partial charge in [0.05, 0.1) is 0 Å². The van der Waals surface area contributed by atoms with Gasteiger partial charge in [-0.05, 0) is 197 Å². The summed E-state index contributed by atoms with van der Waals surface area (Å²) in [5, 5.41) is 27.3. The van der Waals surface area contributed by atoms with E-state index in [1.807, 2.05) is 0 Å². The number of benzene rings is 20. The number of rotatable bonds is 0. The van der Waals surface area contributed by atoms with Crippen LogP contribution in [0.15, 0.2) is 364 Å². The van der Waals surface area contributed by atoms with Gasteiger partial charge in [0.25, 0.3) is 0 Å². The Balaban J connectivity index is 0.0000000812. The maximum atomic E-state index is 2.22. The molecule has 96 heavy (non-hydrogen) atoms. The second-order valence-corrected chi connectivity index (χ2v) is 25.6. The van der Waals surface area contributed by atoms with Crippen molar-refractivity contribution >= 4 is 108 Å². The van der Waals surface area contributed by atoms with Crippen molar-refractivity contribution in [3.8, 4) is 89.0 Å². The molecule has 0 amide bonds. The van der Waals surface area contributed by atoms with Crippen LogP contribution in [0, 0.1) is 0 Å². The molecule has 444 valence electrons. The molecule has 20 aromatic carbocycles. The number of fused-ring (bicyclic) bond motifs is 12. The lowest BCUT2D eigenvalue weighted by molar-refractivity contribution is 1.70. The molecule has 0 spiro atoms. The van der Waals surface area contributed by atoms with Gasteiger partial charge in [-0.3, -0.25) is 0 Å². The summed E-state index contributed by atoms with van der Waals surface area (Å²) in [4.78, 5) is 0. The van der Waals surface area contributed by atoms with Crippen LogP contribution >= 0.6 is 0 Å². The number of hydrogen-bond donors (Lipinski definition) is 0. The zero-order chi connectivity index (χ0) is 63.2. The van der Waals surface area contributed by atoms with Gasteiger partial charge in [0.15, 0.2) is 0 Å². The first kappa shape index (κ1) is 55.2. The first-order valence-electron chi connectivity index (χ1n) is 33.4. The van der Waals surface area contributed by atoms with Gasteiger partial charge in [-0.25, -0.2) is 0 Å². The zero-order valence-corrected chi connectivity index (χ0v) is 52.6. The molecule has 0 aromatic heterocycles. The lowest BCUT2D eigenvalue weighted by atomic mass is 9.95. The first-order valence-corrected chi connectivity index (χ1v) is 33.4. The third-order valence-corrected chi connectivity index (χ3v) is 20.4. The highest BCUT2D eigenvalue weighted by molar-refractivity contribution is 6.25. The number of hydrogen-bond acceptors (Lipinski definition) is 0. The van der Waals surface area contributed by atoms with Gasteiger partial charge >= 0.3 is 0 Å². The predicted octanol–water partition coefficient (Wildman–Crippen LogP) is 27.1. The minimum Gasteiger partial charge on any atom is -0.0616 e. The summed E-state index contributed by atoms with van der Waals surface area (Å²) in [7, 11) is 0. The average Bonchev–Trinajstić information content (AvgIpc) is 1.71. The Hall–Kier alpha value is -12.5. The topological polar surface area (TPSA) is 0 Å². The van der Waals surface area contributed by atoms with Crippen LogP contribution in [-0.4, -0.2) is 0 Å². The molecule has 0 unspecified atom stereocenters. The highest BCUT2D eigenvalue weighted by atomic mass is 14.3. The van der Waals surface area contributed by atoms with Crippen molar-refractivity contribution < 1.29 is 0 Å². The SMILES string of the molecule is c1cc2ccc3cccc4ccc(c1)c2c34.c1cc2ccc3cccc4ccc(c1)c2c34.c1ccc2c(c1)-c1cccc3cccc-2c13.c1ccc2c(c1)-c1cccc3cccc-2c13.c1ccc2c(c1)-c1cccc3cccc-2c13.c1ccc2c(c1)-c1cccc3cccc-2c13. The van der Waals surface area contributed by atoms with Crippen LogP contribution < -0.4 is 0 Å². The predicted molar refractivity (Wildman–Crippen MR) is 414 cm³/mol. The van der Waals surface area contributed by atoms with Crippen molar-refractivity contribution in [2.45, 2.75) is 0 Å². The molecular formula is C96H60. The molecule has 0 radical (unpaired) electrons. The van der Waals surface area contributed by atoms with Crippen LogP contribution in [-0.2, 0) is 0 Å². The fourth-order valence-electron chi connectivity index (χ4n) is 16.3. The summed E-state index contributed by atoms with van der Waals surface area (Å²) in [6.07, 6.45) is 0. The van der Waals surface area contributed by atoms with Crippen LogP contribution in [0.5, 0.6) is 0 Å². The van der Waals surface area contributed by atoms with Crippen LogP contribution in [0.1, 0.15) is 0 Å². The van der Waals surface area contributed by atoms with E-state index in [9.17, 15) is 0 Å². The molecule has 0 heterocycles. The molecule has 0 bridgehead atoms. The summed E-state index contributed by atoms with van der Waals surface area (Å²) >= 11 is 0. The Labute approximate surface area is 557 Å². The Morgan fingerprint density at radius 2 is 0.177 bits per heavy atom. The second kappa shape index (κ2) is 22.7. The summed E-state index contributed by atoms with van der Waals surface area (Å²) in [5.74, 6) is 0. The Morgan fingerprint density at radius 3 is 0.312 bits per heavy atom. The monoisotopic (exact) mass is 1210 g/mol. The molecule has 0 saturated carbocycles. The van der Waals surface area contributed by atoms with Gasteiger partial charge in [-0.15, -0.1) is 0 Å². The maximum Gasteiger partial charge on any atom is -0.00264 e. The molecule has 0 heteroatoms. The summed E-state index contributed by atoms with van der Waals surface area (Å²) < 4.78 is 0. The summed E-state index contributed by atoms with van der Waals surface area (Å²) in [5.41, 5.74) is 22.0. The standard InChI is InChI=1S/6C16H10/c2*1-3-11-7-9-13-5-2-6-14-10-8-12(4-1)15(11)16(13)14;4*1-2-8-13-12(7-1)14-9-3-5-11-6-4-10-15(13)16(11)14/h6*1-10H. The zero-order valence-electron chi connectivity index (χ0n) is 52.6. The Bertz CT molecular complexity index is 5320. The molecule has 20 aromatic rings. The highest BCUT2D eigenvalue weighted by Gasteiger charge is 2.24. The van der Waals surface area contributed by atoms with Crippen LogP contribution in [0.4, 0.5) is 0 Å². The molecule has 0 N–H and O–H groups in total. The fraction of sp³-hybridized carbons (Fsp3) is 0. The molecular weight excluding hydrogens is 1150 g/mol. The van der Waals surface area contributed by atoms with E-state index in [1.54, 1.807) is 0 Å². The normalized spacial score (nSPS) is 11.8. The van der Waals surface area contributed by atoms with Gasteiger partial charge in [-0.1, -0.05) is 364 Å². The van der Waals surface area contributed by atoms with Gasteiger partial charge in [0, 0.05) is 0 Å². The van der Waals surface area contributed by atoms with Crippen molar-refractivity contribution in [2.75, 3.05) is 0 Å². The summed E-state index contributed by atoms with van der Waals surface area (Å²) in [6.45, 7) is 0. The van der Waals surface area contributed by atoms with Crippen LogP contribution in [0.3, 0.4) is 0 Å². The Morgan fingerprint density at radius 1 is 0.0729 bits per heavy atom. The van der Waals surface area contributed by atoms with E-state index >= 15 is 0 Å². The van der Waals surface area contributed by atoms with Gasteiger partial charge < -0.3 is 0 Å². The lowest BCUT2D eigenvalue weighted by Crippen LogP contribution is -1.82. The van der Waals surface area contributed by atoms with E-state index in [-0.39, 0.29) is 0 Å². The van der Waals surface area contributed by atoms with Gasteiger partial charge in [0.1, 0.15) is 0 Å². The molecule has 4 aliphatic rings. The van der Waals surface area contributed by atoms with Gasteiger partial charge in [0.2, 0.25) is 0 Å². The van der Waals surface area contributed by atoms with E-state index < -0.39 is 0 Å². The maximum absolute atomic E-state index is 2.22. The molecule has 0 atom stereocenters. The van der Waals surface area contributed by atoms with Crippen molar-refractivity contribution in [2.24, 2.45) is 0 Å².